The molecule has 290 valence electrons. The number of rotatable bonds is 7. The third-order valence-corrected chi connectivity index (χ3v) is 11.8. The Hall–Kier alpha value is -8.41. The van der Waals surface area contributed by atoms with Gasteiger partial charge in [-0.3, -0.25) is 0 Å². The smallest absolute Gasteiger partial charge is 0.167 e. The van der Waals surface area contributed by atoms with Crippen LogP contribution in [0.3, 0.4) is 0 Å². The summed E-state index contributed by atoms with van der Waals surface area (Å²) in [6.45, 7) is 0. The van der Waals surface area contributed by atoms with Crippen molar-refractivity contribution in [2.75, 3.05) is 0 Å². The van der Waals surface area contributed by atoms with E-state index in [4.69, 9.17) is 23.8 Å². The van der Waals surface area contributed by atoms with Crippen LogP contribution in [0.2, 0.25) is 0 Å². The molecule has 0 fully saturated rings. The summed E-state index contributed by atoms with van der Waals surface area (Å²) in [6.07, 6.45) is 0. The lowest BCUT2D eigenvalue weighted by Gasteiger charge is -2.19. The fourth-order valence-corrected chi connectivity index (χ4v) is 8.77. The Kier molecular flexibility index (Phi) is 8.42. The van der Waals surface area contributed by atoms with Crippen molar-refractivity contribution in [1.82, 2.24) is 15.0 Å². The lowest BCUT2D eigenvalue weighted by Crippen LogP contribution is -2.00. The fourth-order valence-electron chi connectivity index (χ4n) is 8.77. The minimum atomic E-state index is 0.551. The molecular formula is C57H35N3O2. The molecule has 0 atom stereocenters. The maximum atomic E-state index is 6.45. The normalized spacial score (nSPS) is 11.5. The third kappa shape index (κ3) is 6.14. The summed E-state index contributed by atoms with van der Waals surface area (Å²) < 4.78 is 12.9. The molecule has 3 heterocycles. The predicted molar refractivity (Wildman–Crippen MR) is 252 cm³/mol. The number of furan rings is 2. The molecule has 12 aromatic rings. The Balaban J connectivity index is 1.04. The van der Waals surface area contributed by atoms with Gasteiger partial charge >= 0.3 is 0 Å². The molecule has 5 heteroatoms. The van der Waals surface area contributed by atoms with Gasteiger partial charge < -0.3 is 8.83 Å². The molecular weight excluding hydrogens is 759 g/mol. The summed E-state index contributed by atoms with van der Waals surface area (Å²) in [6, 6.07) is 73.7. The molecule has 0 aliphatic carbocycles. The Morgan fingerprint density at radius 2 is 0.742 bits per heavy atom. The molecule has 12 rings (SSSR count). The predicted octanol–water partition coefficient (Wildman–Crippen LogP) is 15.3. The number of benzene rings is 9. The van der Waals surface area contributed by atoms with E-state index in [2.05, 4.69) is 140 Å². The number of nitrogens with zero attached hydrogens (tertiary/aromatic N) is 3. The topological polar surface area (TPSA) is 65.0 Å². The molecule has 0 aliphatic rings. The number of para-hydroxylation sites is 3. The Labute approximate surface area is 357 Å². The van der Waals surface area contributed by atoms with Crippen molar-refractivity contribution in [2.45, 2.75) is 0 Å². The Morgan fingerprint density at radius 3 is 1.44 bits per heavy atom. The number of aromatic nitrogens is 3. The number of hydrogen-bond acceptors (Lipinski definition) is 5. The molecule has 0 bridgehead atoms. The van der Waals surface area contributed by atoms with Crippen LogP contribution in [0.25, 0.3) is 123 Å². The summed E-state index contributed by atoms with van der Waals surface area (Å²) in [5.41, 5.74) is 14.8. The monoisotopic (exact) mass is 793 g/mol. The van der Waals surface area contributed by atoms with Crippen LogP contribution in [0.1, 0.15) is 0 Å². The van der Waals surface area contributed by atoms with Crippen LogP contribution in [0, 0.1) is 0 Å². The minimum absolute atomic E-state index is 0.551. The van der Waals surface area contributed by atoms with Crippen molar-refractivity contribution < 1.29 is 8.83 Å². The zero-order valence-electron chi connectivity index (χ0n) is 33.4. The van der Waals surface area contributed by atoms with Gasteiger partial charge in [0, 0.05) is 32.7 Å². The maximum Gasteiger partial charge on any atom is 0.167 e. The number of fused-ring (bicyclic) bond motifs is 6. The van der Waals surface area contributed by atoms with Crippen molar-refractivity contribution >= 4 is 43.9 Å². The van der Waals surface area contributed by atoms with Gasteiger partial charge in [0.25, 0.3) is 0 Å². The molecule has 0 amide bonds. The van der Waals surface area contributed by atoms with E-state index in [1.807, 2.05) is 72.8 Å². The molecule has 0 N–H and O–H groups in total. The number of hydrogen-bond donors (Lipinski definition) is 0. The summed E-state index contributed by atoms with van der Waals surface area (Å²) in [5, 5.41) is 4.30. The van der Waals surface area contributed by atoms with E-state index >= 15 is 0 Å². The highest BCUT2D eigenvalue weighted by Crippen LogP contribution is 2.45. The molecule has 0 unspecified atom stereocenters. The molecule has 5 nitrogen and oxygen atoms in total. The summed E-state index contributed by atoms with van der Waals surface area (Å²) in [5.74, 6) is 1.72. The Bertz CT molecular complexity index is 3610. The van der Waals surface area contributed by atoms with Crippen LogP contribution >= 0.6 is 0 Å². The van der Waals surface area contributed by atoms with Crippen LogP contribution in [-0.4, -0.2) is 15.0 Å². The second-order valence-corrected chi connectivity index (χ2v) is 15.5. The van der Waals surface area contributed by atoms with Crippen molar-refractivity contribution in [3.63, 3.8) is 0 Å². The Morgan fingerprint density at radius 1 is 0.258 bits per heavy atom. The zero-order chi connectivity index (χ0) is 41.0. The van der Waals surface area contributed by atoms with E-state index in [1.165, 1.54) is 0 Å². The van der Waals surface area contributed by atoms with Gasteiger partial charge in [0.2, 0.25) is 0 Å². The van der Waals surface area contributed by atoms with Gasteiger partial charge in [0.1, 0.15) is 22.3 Å². The summed E-state index contributed by atoms with van der Waals surface area (Å²) in [4.78, 5) is 15.3. The molecule has 3 aromatic heterocycles. The maximum absolute atomic E-state index is 6.45. The lowest BCUT2D eigenvalue weighted by atomic mass is 9.84. The molecule has 0 saturated carbocycles. The SMILES string of the molecule is c1ccc(-c2cc(-c3ccc(-c4nc(-c5ccccc5)nc(-c5cccc6c5oc5ccccc56)n4)cc3)c(-c3ccccc3)c(-c3ccc4c(c3)oc3ccccc34)c2)cc1. The van der Waals surface area contributed by atoms with Crippen molar-refractivity contribution in [1.29, 1.82) is 0 Å². The van der Waals surface area contributed by atoms with E-state index in [0.717, 1.165) is 105 Å². The lowest BCUT2D eigenvalue weighted by molar-refractivity contribution is 0.669. The first kappa shape index (κ1) is 35.5. The van der Waals surface area contributed by atoms with Crippen molar-refractivity contribution in [2.24, 2.45) is 0 Å². The van der Waals surface area contributed by atoms with Gasteiger partial charge in [-0.25, -0.2) is 15.0 Å². The summed E-state index contributed by atoms with van der Waals surface area (Å²) in [7, 11) is 0. The standard InChI is InChI=1S/C57H35N3O2/c1-4-15-36(16-5-1)42-33-48(53(38-17-6-2-7-18-38)49(34-42)41-31-32-45-43-21-10-12-25-50(43)61-52(45)35-41)37-27-29-40(30-28-37)56-58-55(39-19-8-3-9-20-39)59-57(60-56)47-24-14-23-46-44-22-11-13-26-51(44)62-54(46)47/h1-35H. The summed E-state index contributed by atoms with van der Waals surface area (Å²) >= 11 is 0. The first-order valence-corrected chi connectivity index (χ1v) is 20.8. The first-order valence-electron chi connectivity index (χ1n) is 20.8. The van der Waals surface area contributed by atoms with E-state index in [0.29, 0.717) is 17.5 Å². The molecule has 0 saturated heterocycles. The third-order valence-electron chi connectivity index (χ3n) is 11.8. The largest absolute Gasteiger partial charge is 0.456 e. The van der Waals surface area contributed by atoms with Crippen LogP contribution in [-0.2, 0) is 0 Å². The molecule has 0 aliphatic heterocycles. The average molecular weight is 794 g/mol. The van der Waals surface area contributed by atoms with Crippen molar-refractivity contribution in [3.05, 3.63) is 212 Å². The van der Waals surface area contributed by atoms with Gasteiger partial charge in [-0.05, 0) is 87.0 Å². The van der Waals surface area contributed by atoms with E-state index in [-0.39, 0.29) is 0 Å². The quantitative estimate of drug-likeness (QED) is 0.161. The highest BCUT2D eigenvalue weighted by Gasteiger charge is 2.21. The van der Waals surface area contributed by atoms with Crippen LogP contribution in [0.5, 0.6) is 0 Å². The van der Waals surface area contributed by atoms with Gasteiger partial charge in [-0.2, -0.15) is 0 Å². The molecule has 62 heavy (non-hydrogen) atoms. The van der Waals surface area contributed by atoms with Crippen LogP contribution < -0.4 is 0 Å². The van der Waals surface area contributed by atoms with Crippen LogP contribution in [0.4, 0.5) is 0 Å². The van der Waals surface area contributed by atoms with E-state index in [9.17, 15) is 0 Å². The minimum Gasteiger partial charge on any atom is -0.456 e. The van der Waals surface area contributed by atoms with Crippen molar-refractivity contribution in [3.8, 4) is 78.7 Å². The second-order valence-electron chi connectivity index (χ2n) is 15.5. The average Bonchev–Trinajstić information content (AvgIpc) is 3.93. The second kappa shape index (κ2) is 14.7. The first-order chi connectivity index (χ1) is 30.7. The van der Waals surface area contributed by atoms with Gasteiger partial charge in [0.05, 0.1) is 5.56 Å². The highest BCUT2D eigenvalue weighted by atomic mass is 16.3. The molecule has 0 spiro atoms. The zero-order valence-corrected chi connectivity index (χ0v) is 33.4. The molecule has 9 aromatic carbocycles. The van der Waals surface area contributed by atoms with Gasteiger partial charge in [0.15, 0.2) is 17.5 Å². The fraction of sp³-hybridized carbons (Fsp3) is 0. The van der Waals surface area contributed by atoms with Gasteiger partial charge in [-0.1, -0.05) is 170 Å². The van der Waals surface area contributed by atoms with E-state index < -0.39 is 0 Å². The van der Waals surface area contributed by atoms with Gasteiger partial charge in [-0.15, -0.1) is 0 Å². The van der Waals surface area contributed by atoms with E-state index in [1.54, 1.807) is 0 Å². The molecule has 0 radical (unpaired) electrons. The highest BCUT2D eigenvalue weighted by molar-refractivity contribution is 6.09. The van der Waals surface area contributed by atoms with Crippen LogP contribution in [0.15, 0.2) is 221 Å².